The number of hydrogen-bond donors (Lipinski definition) is 1. The van der Waals surface area contributed by atoms with Gasteiger partial charge in [-0.2, -0.15) is 22.8 Å². The van der Waals surface area contributed by atoms with Gasteiger partial charge < -0.3 is 10.3 Å². The second kappa shape index (κ2) is 6.24. The van der Waals surface area contributed by atoms with Crippen molar-refractivity contribution in [3.8, 4) is 28.7 Å². The van der Waals surface area contributed by atoms with Crippen molar-refractivity contribution in [3.63, 3.8) is 0 Å². The van der Waals surface area contributed by atoms with Gasteiger partial charge in [0, 0.05) is 5.56 Å². The van der Waals surface area contributed by atoms with Gasteiger partial charge in [-0.25, -0.2) is 0 Å². The molecule has 0 saturated carbocycles. The minimum atomic E-state index is -4.48. The molecular weight excluding hydrogens is 361 g/mol. The lowest BCUT2D eigenvalue weighted by atomic mass is 10.2. The fraction of sp³-hybridized carbons (Fsp3) is 0.0588. The van der Waals surface area contributed by atoms with Crippen molar-refractivity contribution in [1.29, 1.82) is 0 Å². The van der Waals surface area contributed by atoms with Crippen molar-refractivity contribution in [3.05, 3.63) is 60.2 Å². The van der Waals surface area contributed by atoms with E-state index in [1.165, 1.54) is 12.1 Å². The first-order valence-electron chi connectivity index (χ1n) is 7.72. The summed E-state index contributed by atoms with van der Waals surface area (Å²) in [6.45, 7) is 0. The van der Waals surface area contributed by atoms with Gasteiger partial charge in [-0.1, -0.05) is 46.8 Å². The van der Waals surface area contributed by atoms with Gasteiger partial charge in [0.05, 0.1) is 11.3 Å². The highest BCUT2D eigenvalue weighted by Crippen LogP contribution is 2.31. The second-order valence-corrected chi connectivity index (χ2v) is 5.57. The molecule has 0 aliphatic carbocycles. The molecule has 0 amide bonds. The van der Waals surface area contributed by atoms with Crippen molar-refractivity contribution in [1.82, 2.24) is 25.1 Å². The molecule has 136 valence electrons. The molecular formula is C17H11F3N6O. The van der Waals surface area contributed by atoms with E-state index in [9.17, 15) is 13.2 Å². The number of alkyl halides is 3. The minimum Gasteiger partial charge on any atom is -0.382 e. The van der Waals surface area contributed by atoms with E-state index in [1.54, 1.807) is 12.1 Å². The number of nitrogens with zero attached hydrogens (tertiary/aromatic N) is 5. The van der Waals surface area contributed by atoms with E-state index >= 15 is 0 Å². The number of halogens is 3. The SMILES string of the molecule is Nc1c(-c2nc(-c3ccccc3)no2)nnn1-c1cccc(C(F)(F)F)c1. The van der Waals surface area contributed by atoms with E-state index in [4.69, 9.17) is 10.3 Å². The van der Waals surface area contributed by atoms with Gasteiger partial charge in [-0.15, -0.1) is 5.10 Å². The Morgan fingerprint density at radius 3 is 2.52 bits per heavy atom. The molecule has 0 radical (unpaired) electrons. The first kappa shape index (κ1) is 16.8. The van der Waals surface area contributed by atoms with Crippen LogP contribution in [0.25, 0.3) is 28.7 Å². The minimum absolute atomic E-state index is 0.0161. The van der Waals surface area contributed by atoms with Crippen LogP contribution in [-0.2, 0) is 6.18 Å². The van der Waals surface area contributed by atoms with Crippen LogP contribution in [0.1, 0.15) is 5.56 Å². The van der Waals surface area contributed by atoms with Crippen LogP contribution in [-0.4, -0.2) is 25.1 Å². The average molecular weight is 372 g/mol. The van der Waals surface area contributed by atoms with E-state index in [1.807, 2.05) is 18.2 Å². The largest absolute Gasteiger partial charge is 0.416 e. The summed E-state index contributed by atoms with van der Waals surface area (Å²) in [5.41, 5.74) is 6.12. The predicted molar refractivity (Wildman–Crippen MR) is 89.5 cm³/mol. The summed E-state index contributed by atoms with van der Waals surface area (Å²) >= 11 is 0. The van der Waals surface area contributed by atoms with E-state index in [0.29, 0.717) is 5.82 Å². The van der Waals surface area contributed by atoms with Gasteiger partial charge >= 0.3 is 6.18 Å². The highest BCUT2D eigenvalue weighted by atomic mass is 19.4. The number of aromatic nitrogens is 5. The van der Waals surface area contributed by atoms with Crippen LogP contribution in [0.15, 0.2) is 59.1 Å². The molecule has 0 aliphatic rings. The first-order chi connectivity index (χ1) is 12.9. The molecule has 0 aliphatic heterocycles. The van der Waals surface area contributed by atoms with Crippen LogP contribution in [0.4, 0.5) is 19.0 Å². The molecule has 0 atom stereocenters. The van der Waals surface area contributed by atoms with E-state index in [0.717, 1.165) is 22.4 Å². The number of benzene rings is 2. The summed E-state index contributed by atoms with van der Waals surface area (Å²) in [5, 5.41) is 11.6. The summed E-state index contributed by atoms with van der Waals surface area (Å²) in [6, 6.07) is 13.7. The third-order valence-corrected chi connectivity index (χ3v) is 3.78. The van der Waals surface area contributed by atoms with Crippen LogP contribution in [0.5, 0.6) is 0 Å². The zero-order chi connectivity index (χ0) is 19.0. The van der Waals surface area contributed by atoms with Crippen molar-refractivity contribution >= 4 is 5.82 Å². The topological polar surface area (TPSA) is 95.7 Å². The summed E-state index contributed by atoms with van der Waals surface area (Å²) < 4.78 is 45.0. The first-order valence-corrected chi connectivity index (χ1v) is 7.72. The van der Waals surface area contributed by atoms with Crippen molar-refractivity contribution in [2.45, 2.75) is 6.18 Å². The molecule has 7 nitrogen and oxygen atoms in total. The van der Waals surface area contributed by atoms with Gasteiger partial charge in [0.25, 0.3) is 5.89 Å². The molecule has 27 heavy (non-hydrogen) atoms. The monoisotopic (exact) mass is 372 g/mol. The third kappa shape index (κ3) is 3.12. The molecule has 10 heteroatoms. The molecule has 0 fully saturated rings. The highest BCUT2D eigenvalue weighted by Gasteiger charge is 2.31. The molecule has 2 N–H and O–H groups in total. The number of nitrogen functional groups attached to an aromatic ring is 1. The van der Waals surface area contributed by atoms with E-state index in [2.05, 4.69) is 20.5 Å². The van der Waals surface area contributed by atoms with Gasteiger partial charge in [-0.05, 0) is 18.2 Å². The molecule has 4 rings (SSSR count). The van der Waals surface area contributed by atoms with E-state index < -0.39 is 11.7 Å². The zero-order valence-corrected chi connectivity index (χ0v) is 13.6. The van der Waals surface area contributed by atoms with Crippen LogP contribution in [0, 0.1) is 0 Å². The third-order valence-electron chi connectivity index (χ3n) is 3.78. The Morgan fingerprint density at radius 1 is 1.00 bits per heavy atom. The maximum absolute atomic E-state index is 12.9. The maximum Gasteiger partial charge on any atom is 0.416 e. The fourth-order valence-corrected chi connectivity index (χ4v) is 2.47. The van der Waals surface area contributed by atoms with Gasteiger partial charge in [0.1, 0.15) is 0 Å². The van der Waals surface area contributed by atoms with Crippen LogP contribution >= 0.6 is 0 Å². The summed E-state index contributed by atoms with van der Waals surface area (Å²) in [4.78, 5) is 4.22. The normalized spacial score (nSPS) is 11.7. The van der Waals surface area contributed by atoms with Crippen LogP contribution < -0.4 is 5.73 Å². The van der Waals surface area contributed by atoms with Crippen LogP contribution in [0.3, 0.4) is 0 Å². The highest BCUT2D eigenvalue weighted by molar-refractivity contribution is 5.66. The molecule has 0 bridgehead atoms. The average Bonchev–Trinajstić information content (AvgIpc) is 3.28. The van der Waals surface area contributed by atoms with Crippen molar-refractivity contribution in [2.24, 2.45) is 0 Å². The predicted octanol–water partition coefficient (Wildman–Crippen LogP) is 3.59. The maximum atomic E-state index is 12.9. The smallest absolute Gasteiger partial charge is 0.382 e. The number of nitrogens with two attached hydrogens (primary N) is 1. The molecule has 2 aromatic carbocycles. The Labute approximate surface area is 150 Å². The van der Waals surface area contributed by atoms with Gasteiger partial charge in [0.2, 0.25) is 5.82 Å². The fourth-order valence-electron chi connectivity index (χ4n) is 2.47. The van der Waals surface area contributed by atoms with Crippen LogP contribution in [0.2, 0.25) is 0 Å². The number of hydrogen-bond acceptors (Lipinski definition) is 6. The lowest BCUT2D eigenvalue weighted by Crippen LogP contribution is -2.08. The summed E-state index contributed by atoms with van der Waals surface area (Å²) in [7, 11) is 0. The molecule has 2 heterocycles. The lowest BCUT2D eigenvalue weighted by molar-refractivity contribution is -0.137. The Bertz CT molecular complexity index is 1090. The second-order valence-electron chi connectivity index (χ2n) is 5.57. The van der Waals surface area contributed by atoms with Gasteiger partial charge in [0.15, 0.2) is 11.5 Å². The van der Waals surface area contributed by atoms with Gasteiger partial charge in [-0.3, -0.25) is 0 Å². The molecule has 0 spiro atoms. The molecule has 2 aromatic heterocycles. The number of anilines is 1. The van der Waals surface area contributed by atoms with E-state index in [-0.39, 0.29) is 23.1 Å². The Kier molecular flexibility index (Phi) is 3.87. The lowest BCUT2D eigenvalue weighted by Gasteiger charge is -2.09. The zero-order valence-electron chi connectivity index (χ0n) is 13.6. The Hall–Kier alpha value is -3.69. The molecule has 4 aromatic rings. The molecule has 0 unspecified atom stereocenters. The van der Waals surface area contributed by atoms with Crippen molar-refractivity contribution < 1.29 is 17.7 Å². The summed E-state index contributed by atoms with van der Waals surface area (Å²) in [5.74, 6) is 0.334. The molecule has 0 saturated heterocycles. The Morgan fingerprint density at radius 2 is 1.78 bits per heavy atom. The standard InChI is InChI=1S/C17H11F3N6O/c18-17(19,20)11-7-4-8-12(9-11)26-14(21)13(23-25-26)16-22-15(24-27-16)10-5-2-1-3-6-10/h1-9H,21H2. The van der Waals surface area contributed by atoms with Crippen molar-refractivity contribution in [2.75, 3.05) is 5.73 Å². The Balaban J connectivity index is 1.71. The number of rotatable bonds is 3. The quantitative estimate of drug-likeness (QED) is 0.590. The summed E-state index contributed by atoms with van der Waals surface area (Å²) in [6.07, 6.45) is -4.48.